The molecule has 166 valence electrons. The molecule has 31 heavy (non-hydrogen) atoms. The fourth-order valence-corrected chi connectivity index (χ4v) is 3.35. The van der Waals surface area contributed by atoms with E-state index in [1.807, 2.05) is 0 Å². The van der Waals surface area contributed by atoms with E-state index in [0.29, 0.717) is 0 Å². The van der Waals surface area contributed by atoms with Gasteiger partial charge in [-0.05, 0) is 29.8 Å². The van der Waals surface area contributed by atoms with Gasteiger partial charge in [0, 0.05) is 25.6 Å². The van der Waals surface area contributed by atoms with Crippen molar-refractivity contribution < 1.29 is 40.7 Å². The van der Waals surface area contributed by atoms with Gasteiger partial charge in [-0.25, -0.2) is 13.2 Å². The number of rotatable bonds is 5. The first-order chi connectivity index (χ1) is 14.5. The zero-order valence-corrected chi connectivity index (χ0v) is 16.0. The molecule has 0 radical (unpaired) electrons. The first kappa shape index (κ1) is 22.4. The molecular weight excluding hydrogens is 430 g/mol. The van der Waals surface area contributed by atoms with Crippen LogP contribution < -0.4 is 10.1 Å². The normalized spacial score (nSPS) is 18.9. The van der Waals surface area contributed by atoms with E-state index in [-0.39, 0.29) is 12.1 Å². The minimum absolute atomic E-state index is 0.0507. The number of nitrogens with zero attached hydrogens (tertiary/aromatic N) is 1. The van der Waals surface area contributed by atoms with E-state index in [9.17, 15) is 35.9 Å². The number of hydrogen-bond acceptors (Lipinski definition) is 3. The van der Waals surface area contributed by atoms with Crippen LogP contribution in [0, 0.1) is 23.4 Å². The van der Waals surface area contributed by atoms with Gasteiger partial charge in [0.05, 0.1) is 5.69 Å². The highest BCUT2D eigenvalue weighted by molar-refractivity contribution is 6.08. The van der Waals surface area contributed by atoms with Crippen molar-refractivity contribution >= 4 is 17.5 Å². The Morgan fingerprint density at radius 2 is 1.90 bits per heavy atom. The number of alkyl halides is 3. The Labute approximate surface area is 172 Å². The van der Waals surface area contributed by atoms with Crippen molar-refractivity contribution in [3.05, 3.63) is 59.4 Å². The summed E-state index contributed by atoms with van der Waals surface area (Å²) in [5.41, 5.74) is -0.436. The van der Waals surface area contributed by atoms with Crippen LogP contribution in [0.2, 0.25) is 0 Å². The number of carbonyl (C=O) groups excluding carboxylic acids is 2. The number of carbonyl (C=O) groups is 2. The van der Waals surface area contributed by atoms with Crippen LogP contribution in [0.5, 0.6) is 5.75 Å². The van der Waals surface area contributed by atoms with Crippen LogP contribution in [-0.4, -0.2) is 43.1 Å². The summed E-state index contributed by atoms with van der Waals surface area (Å²) in [5, 5.41) is 2.14. The lowest BCUT2D eigenvalue weighted by atomic mass is 9.87. The van der Waals surface area contributed by atoms with Gasteiger partial charge in [-0.1, -0.05) is 6.07 Å². The highest BCUT2D eigenvalue weighted by Gasteiger charge is 2.44. The van der Waals surface area contributed by atoms with E-state index in [2.05, 4.69) is 10.1 Å². The SMILES string of the molecule is CN1CC(c2cc(F)cc(OCC(F)(F)F)c2)C(C(=O)Nc2cccc(F)c2F)C1=O. The van der Waals surface area contributed by atoms with Gasteiger partial charge in [-0.2, -0.15) is 13.2 Å². The number of likely N-dealkylation sites (tertiary alicyclic amines) is 1. The maximum Gasteiger partial charge on any atom is 0.422 e. The molecule has 2 aromatic rings. The highest BCUT2D eigenvalue weighted by atomic mass is 19.4. The van der Waals surface area contributed by atoms with Crippen molar-refractivity contribution in [3.8, 4) is 5.75 Å². The van der Waals surface area contributed by atoms with Gasteiger partial charge >= 0.3 is 6.18 Å². The second-order valence-electron chi connectivity index (χ2n) is 7.02. The number of benzene rings is 2. The summed E-state index contributed by atoms with van der Waals surface area (Å²) < 4.78 is 83.1. The van der Waals surface area contributed by atoms with Gasteiger partial charge in [0.25, 0.3) is 0 Å². The van der Waals surface area contributed by atoms with Gasteiger partial charge < -0.3 is 15.0 Å². The summed E-state index contributed by atoms with van der Waals surface area (Å²) in [7, 11) is 1.38. The number of likely N-dealkylation sites (N-methyl/N-ethyl adjacent to an activating group) is 1. The number of anilines is 1. The highest BCUT2D eigenvalue weighted by Crippen LogP contribution is 2.36. The fraction of sp³-hybridized carbons (Fsp3) is 0.300. The van der Waals surface area contributed by atoms with Crippen LogP contribution in [0.4, 0.5) is 32.0 Å². The molecule has 2 atom stereocenters. The van der Waals surface area contributed by atoms with Crippen LogP contribution in [0.3, 0.4) is 0 Å². The summed E-state index contributed by atoms with van der Waals surface area (Å²) in [4.78, 5) is 26.4. The molecule has 2 aromatic carbocycles. The lowest BCUT2D eigenvalue weighted by molar-refractivity contribution is -0.153. The van der Waals surface area contributed by atoms with E-state index in [4.69, 9.17) is 0 Å². The minimum Gasteiger partial charge on any atom is -0.484 e. The third-order valence-electron chi connectivity index (χ3n) is 4.73. The molecule has 0 aliphatic carbocycles. The predicted molar refractivity (Wildman–Crippen MR) is 96.8 cm³/mol. The molecule has 1 aliphatic rings. The van der Waals surface area contributed by atoms with Crippen molar-refractivity contribution in [2.45, 2.75) is 12.1 Å². The average molecular weight is 446 g/mol. The second kappa shape index (κ2) is 8.48. The lowest BCUT2D eigenvalue weighted by Crippen LogP contribution is -2.33. The molecule has 5 nitrogen and oxygen atoms in total. The number of ether oxygens (including phenoxy) is 1. The topological polar surface area (TPSA) is 58.6 Å². The van der Waals surface area contributed by atoms with E-state index < -0.39 is 65.3 Å². The quantitative estimate of drug-likeness (QED) is 0.561. The molecule has 1 N–H and O–H groups in total. The minimum atomic E-state index is -4.65. The first-order valence-corrected chi connectivity index (χ1v) is 8.96. The molecular formula is C20H16F6N2O3. The average Bonchev–Trinajstić information content (AvgIpc) is 2.98. The van der Waals surface area contributed by atoms with Gasteiger partial charge in [0.1, 0.15) is 17.5 Å². The van der Waals surface area contributed by atoms with E-state index in [1.165, 1.54) is 11.9 Å². The molecule has 0 bridgehead atoms. The van der Waals surface area contributed by atoms with Crippen molar-refractivity contribution in [2.75, 3.05) is 25.5 Å². The molecule has 11 heteroatoms. The third-order valence-corrected chi connectivity index (χ3v) is 4.73. The largest absolute Gasteiger partial charge is 0.484 e. The zero-order chi connectivity index (χ0) is 22.9. The van der Waals surface area contributed by atoms with Crippen molar-refractivity contribution in [1.29, 1.82) is 0 Å². The molecule has 1 fully saturated rings. The maximum absolute atomic E-state index is 14.0. The molecule has 2 unspecified atom stereocenters. The summed E-state index contributed by atoms with van der Waals surface area (Å²) >= 11 is 0. The smallest absolute Gasteiger partial charge is 0.422 e. The number of halogens is 6. The molecule has 1 heterocycles. The Morgan fingerprint density at radius 1 is 1.19 bits per heavy atom. The van der Waals surface area contributed by atoms with Crippen LogP contribution in [0.1, 0.15) is 11.5 Å². The van der Waals surface area contributed by atoms with E-state index in [1.54, 1.807) is 0 Å². The van der Waals surface area contributed by atoms with Crippen molar-refractivity contribution in [2.24, 2.45) is 5.92 Å². The van der Waals surface area contributed by atoms with E-state index in [0.717, 1.165) is 36.4 Å². The number of nitrogens with one attached hydrogen (secondary N) is 1. The molecule has 0 aromatic heterocycles. The van der Waals surface area contributed by atoms with Gasteiger partial charge in [-0.3, -0.25) is 9.59 Å². The van der Waals surface area contributed by atoms with Gasteiger partial charge in [0.15, 0.2) is 18.2 Å². The van der Waals surface area contributed by atoms with Crippen molar-refractivity contribution in [3.63, 3.8) is 0 Å². The van der Waals surface area contributed by atoms with Crippen LogP contribution in [-0.2, 0) is 9.59 Å². The van der Waals surface area contributed by atoms with E-state index >= 15 is 0 Å². The number of amides is 2. The molecule has 1 aliphatic heterocycles. The molecule has 2 amide bonds. The Balaban J connectivity index is 1.89. The Hall–Kier alpha value is -3.24. The van der Waals surface area contributed by atoms with Gasteiger partial charge in [0.2, 0.25) is 11.8 Å². The Kier molecular flexibility index (Phi) is 6.14. The van der Waals surface area contributed by atoms with Crippen LogP contribution in [0.25, 0.3) is 0 Å². The zero-order valence-electron chi connectivity index (χ0n) is 16.0. The summed E-state index contributed by atoms with van der Waals surface area (Å²) in [6.07, 6.45) is -4.65. The summed E-state index contributed by atoms with van der Waals surface area (Å²) in [6.45, 7) is -1.70. The third kappa shape index (κ3) is 5.09. The summed E-state index contributed by atoms with van der Waals surface area (Å²) in [5.74, 6) is -7.91. The number of hydrogen-bond donors (Lipinski definition) is 1. The lowest BCUT2D eigenvalue weighted by Gasteiger charge is -2.18. The molecule has 3 rings (SSSR count). The summed E-state index contributed by atoms with van der Waals surface area (Å²) in [6, 6.07) is 5.92. The second-order valence-corrected chi connectivity index (χ2v) is 7.02. The fourth-order valence-electron chi connectivity index (χ4n) is 3.35. The first-order valence-electron chi connectivity index (χ1n) is 8.96. The van der Waals surface area contributed by atoms with Crippen LogP contribution >= 0.6 is 0 Å². The molecule has 0 spiro atoms. The van der Waals surface area contributed by atoms with Crippen molar-refractivity contribution in [1.82, 2.24) is 4.90 Å². The van der Waals surface area contributed by atoms with Gasteiger partial charge in [-0.15, -0.1) is 0 Å². The maximum atomic E-state index is 14.0. The van der Waals surface area contributed by atoms with Crippen LogP contribution in [0.15, 0.2) is 36.4 Å². The standard InChI is InChI=1S/C20H16F6N2O3/c1-28-8-13(10-5-11(21)7-12(6-10)31-9-20(24,25)26)16(19(28)30)18(29)27-15-4-2-3-14(22)17(15)23/h2-7,13,16H,8-9H2,1H3,(H,27,29). The monoisotopic (exact) mass is 446 g/mol. The predicted octanol–water partition coefficient (Wildman–Crippen LogP) is 3.86. The Morgan fingerprint density at radius 3 is 2.58 bits per heavy atom. The molecule has 1 saturated heterocycles. The Bertz CT molecular complexity index is 1010. The molecule has 0 saturated carbocycles.